The first-order valence-electron chi connectivity index (χ1n) is 4.65. The van der Waals surface area contributed by atoms with Crippen LogP contribution in [0.3, 0.4) is 0 Å². The van der Waals surface area contributed by atoms with Crippen LogP contribution < -0.4 is 5.32 Å². The number of piperidine rings is 1. The lowest BCUT2D eigenvalue weighted by atomic mass is 9.97. The van der Waals surface area contributed by atoms with E-state index >= 15 is 0 Å². The number of fused-ring (bicyclic) bond motifs is 2. The third-order valence-electron chi connectivity index (χ3n) is 2.94. The molecule has 2 atom stereocenters. The smallest absolute Gasteiger partial charge is 0.264 e. The molecule has 0 aromatic heterocycles. The summed E-state index contributed by atoms with van der Waals surface area (Å²) in [6.45, 7) is 1.80. The van der Waals surface area contributed by atoms with E-state index in [1.54, 1.807) is 0 Å². The summed E-state index contributed by atoms with van der Waals surface area (Å²) in [6.07, 6.45) is 3.26. The van der Waals surface area contributed by atoms with Crippen molar-refractivity contribution in [1.29, 1.82) is 0 Å². The second-order valence-corrected chi connectivity index (χ2v) is 5.62. The van der Waals surface area contributed by atoms with Gasteiger partial charge in [0, 0.05) is 13.1 Å². The highest BCUT2D eigenvalue weighted by Crippen LogP contribution is 2.36. The largest absolute Gasteiger partial charge is 0.316 e. The van der Waals surface area contributed by atoms with E-state index in [2.05, 4.69) is 5.32 Å². The Balaban J connectivity index is 2.07. The third kappa shape index (κ3) is 2.03. The van der Waals surface area contributed by atoms with Gasteiger partial charge in [0.15, 0.2) is 0 Å². The molecular weight excluding hydrogens is 190 g/mol. The van der Waals surface area contributed by atoms with E-state index in [1.807, 2.05) is 0 Å². The van der Waals surface area contributed by atoms with Crippen LogP contribution in [0.2, 0.25) is 0 Å². The van der Waals surface area contributed by atoms with Gasteiger partial charge >= 0.3 is 0 Å². The van der Waals surface area contributed by atoms with E-state index in [9.17, 15) is 8.42 Å². The quantitative estimate of drug-likeness (QED) is 0.643. The van der Waals surface area contributed by atoms with Crippen LogP contribution in [0, 0.1) is 11.8 Å². The summed E-state index contributed by atoms with van der Waals surface area (Å²) in [4.78, 5) is 0. The first-order chi connectivity index (χ1) is 6.06. The number of hydrogen-bond acceptors (Lipinski definition) is 4. The van der Waals surface area contributed by atoms with E-state index in [0.717, 1.165) is 32.2 Å². The normalized spacial score (nSPS) is 39.3. The fourth-order valence-electron chi connectivity index (χ4n) is 2.39. The summed E-state index contributed by atoms with van der Waals surface area (Å²) in [7, 11) is -3.28. The topological polar surface area (TPSA) is 55.4 Å². The molecule has 1 N–H and O–H groups in total. The van der Waals surface area contributed by atoms with Crippen molar-refractivity contribution in [3.63, 3.8) is 0 Å². The fourth-order valence-corrected chi connectivity index (χ4v) is 3.11. The maximum absolute atomic E-state index is 11.0. The molecule has 1 aliphatic carbocycles. The average molecular weight is 205 g/mol. The molecule has 0 aromatic rings. The number of rotatable bonds is 2. The molecule has 0 amide bonds. The molecule has 0 spiro atoms. The molecule has 2 rings (SSSR count). The van der Waals surface area contributed by atoms with Gasteiger partial charge in [-0.1, -0.05) is 0 Å². The van der Waals surface area contributed by atoms with Crippen molar-refractivity contribution < 1.29 is 12.6 Å². The summed E-state index contributed by atoms with van der Waals surface area (Å²) >= 11 is 0. The third-order valence-corrected chi connectivity index (χ3v) is 3.51. The maximum atomic E-state index is 11.0. The Bertz CT molecular complexity index is 272. The van der Waals surface area contributed by atoms with Gasteiger partial charge in [0.25, 0.3) is 10.1 Å². The summed E-state index contributed by atoms with van der Waals surface area (Å²) in [5.74, 6) is 0.793. The molecule has 76 valence electrons. The minimum Gasteiger partial charge on any atom is -0.316 e. The molecule has 1 saturated carbocycles. The summed E-state index contributed by atoms with van der Waals surface area (Å²) in [5.41, 5.74) is 0. The zero-order valence-corrected chi connectivity index (χ0v) is 8.51. The van der Waals surface area contributed by atoms with E-state index in [-0.39, 0.29) is 6.10 Å². The van der Waals surface area contributed by atoms with Crippen molar-refractivity contribution in [2.24, 2.45) is 11.8 Å². The van der Waals surface area contributed by atoms with Crippen LogP contribution >= 0.6 is 0 Å². The molecule has 0 radical (unpaired) electrons. The SMILES string of the molecule is CS(=O)(=O)OC1C2CCC1CNC2. The van der Waals surface area contributed by atoms with Crippen molar-refractivity contribution in [2.75, 3.05) is 19.3 Å². The van der Waals surface area contributed by atoms with E-state index < -0.39 is 10.1 Å². The van der Waals surface area contributed by atoms with Crippen LogP contribution in [0.15, 0.2) is 0 Å². The van der Waals surface area contributed by atoms with Crippen LogP contribution in [0.25, 0.3) is 0 Å². The van der Waals surface area contributed by atoms with E-state index in [1.165, 1.54) is 0 Å². The minimum atomic E-state index is -3.28. The molecule has 4 nitrogen and oxygen atoms in total. The second kappa shape index (κ2) is 3.22. The van der Waals surface area contributed by atoms with Gasteiger partial charge in [-0.15, -0.1) is 0 Å². The zero-order chi connectivity index (χ0) is 9.47. The first-order valence-corrected chi connectivity index (χ1v) is 6.47. The Morgan fingerprint density at radius 1 is 1.23 bits per heavy atom. The van der Waals surface area contributed by atoms with Crippen molar-refractivity contribution >= 4 is 10.1 Å². The van der Waals surface area contributed by atoms with Crippen LogP contribution in [-0.4, -0.2) is 33.9 Å². The highest BCUT2D eigenvalue weighted by atomic mass is 32.2. The average Bonchev–Trinajstić information content (AvgIpc) is 2.29. The monoisotopic (exact) mass is 205 g/mol. The summed E-state index contributed by atoms with van der Waals surface area (Å²) < 4.78 is 27.0. The molecule has 0 aromatic carbocycles. The van der Waals surface area contributed by atoms with Crippen molar-refractivity contribution in [3.05, 3.63) is 0 Å². The van der Waals surface area contributed by atoms with Gasteiger partial charge in [0.2, 0.25) is 0 Å². The fraction of sp³-hybridized carbons (Fsp3) is 1.00. The van der Waals surface area contributed by atoms with Gasteiger partial charge in [-0.05, 0) is 24.7 Å². The Morgan fingerprint density at radius 2 is 1.77 bits per heavy atom. The van der Waals surface area contributed by atoms with Crippen LogP contribution in [-0.2, 0) is 14.3 Å². The Hall–Kier alpha value is -0.130. The Kier molecular flexibility index (Phi) is 2.33. The summed E-state index contributed by atoms with van der Waals surface area (Å²) in [6, 6.07) is 0. The van der Waals surface area contributed by atoms with Crippen molar-refractivity contribution in [2.45, 2.75) is 18.9 Å². The highest BCUT2D eigenvalue weighted by Gasteiger charge is 2.41. The molecule has 2 fully saturated rings. The van der Waals surface area contributed by atoms with Gasteiger partial charge < -0.3 is 5.32 Å². The Labute approximate surface area is 78.8 Å². The lowest BCUT2D eigenvalue weighted by Gasteiger charge is -2.29. The lowest BCUT2D eigenvalue weighted by Crippen LogP contribution is -2.43. The minimum absolute atomic E-state index is 0.0590. The predicted octanol–water partition coefficient (Wildman–Crippen LogP) is -0.0394. The predicted molar refractivity (Wildman–Crippen MR) is 48.8 cm³/mol. The molecule has 2 unspecified atom stereocenters. The number of hydrogen-bond donors (Lipinski definition) is 1. The molecule has 1 aliphatic heterocycles. The van der Waals surface area contributed by atoms with Crippen molar-refractivity contribution in [3.8, 4) is 0 Å². The van der Waals surface area contributed by atoms with Gasteiger partial charge in [0.05, 0.1) is 12.4 Å². The molecule has 13 heavy (non-hydrogen) atoms. The van der Waals surface area contributed by atoms with E-state index in [0.29, 0.717) is 11.8 Å². The van der Waals surface area contributed by atoms with Crippen LogP contribution in [0.4, 0.5) is 0 Å². The molecular formula is C8H15NO3S. The van der Waals surface area contributed by atoms with Gasteiger partial charge in [-0.25, -0.2) is 0 Å². The second-order valence-electron chi connectivity index (χ2n) is 4.02. The van der Waals surface area contributed by atoms with Gasteiger partial charge in [-0.2, -0.15) is 8.42 Å². The molecule has 5 heteroatoms. The first kappa shape index (κ1) is 9.43. The van der Waals surface area contributed by atoms with Crippen molar-refractivity contribution in [1.82, 2.24) is 5.32 Å². The van der Waals surface area contributed by atoms with Crippen LogP contribution in [0.1, 0.15) is 12.8 Å². The molecule has 1 saturated heterocycles. The number of nitrogens with one attached hydrogen (secondary N) is 1. The molecule has 2 aliphatic rings. The standard InChI is InChI=1S/C8H15NO3S/c1-13(10,11)12-8-6-2-3-7(8)5-9-4-6/h6-9H,2-5H2,1H3. The lowest BCUT2D eigenvalue weighted by molar-refractivity contribution is 0.101. The maximum Gasteiger partial charge on any atom is 0.264 e. The zero-order valence-electron chi connectivity index (χ0n) is 7.69. The van der Waals surface area contributed by atoms with Crippen LogP contribution in [0.5, 0.6) is 0 Å². The molecule has 1 heterocycles. The molecule has 2 bridgehead atoms. The Morgan fingerprint density at radius 3 is 2.23 bits per heavy atom. The highest BCUT2D eigenvalue weighted by molar-refractivity contribution is 7.86. The summed E-state index contributed by atoms with van der Waals surface area (Å²) in [5, 5.41) is 3.29. The van der Waals surface area contributed by atoms with Gasteiger partial charge in [0.1, 0.15) is 0 Å². The van der Waals surface area contributed by atoms with E-state index in [4.69, 9.17) is 4.18 Å². The van der Waals surface area contributed by atoms with Gasteiger partial charge in [-0.3, -0.25) is 4.18 Å².